The number of benzene rings is 2. The lowest BCUT2D eigenvalue weighted by molar-refractivity contribution is 0.103. The Morgan fingerprint density at radius 2 is 0.679 bits per heavy atom. The lowest BCUT2D eigenvalue weighted by atomic mass is 9.82. The van der Waals surface area contributed by atoms with Crippen molar-refractivity contribution in [3.05, 3.63) is 72.3 Å². The Balaban J connectivity index is 2.79. The summed E-state index contributed by atoms with van der Waals surface area (Å²) in [6.45, 7) is 25.6. The van der Waals surface area contributed by atoms with Gasteiger partial charge in [0.25, 0.3) is 0 Å². The standard InChI is InChI=1S/C27H36O/c1-13-15(3)19(7)25(20(8)16(13)4)23(11)24(12)27(28)26-21(9)17(5)14(2)18(6)22(26)10/h1-12H3/b24-23+. The minimum Gasteiger partial charge on any atom is -0.289 e. The van der Waals surface area contributed by atoms with Crippen LogP contribution in [0.5, 0.6) is 0 Å². The Hall–Kier alpha value is -2.15. The van der Waals surface area contributed by atoms with E-state index in [0.29, 0.717) is 0 Å². The summed E-state index contributed by atoms with van der Waals surface area (Å²) in [6, 6.07) is 0. The van der Waals surface area contributed by atoms with Crippen LogP contribution in [-0.2, 0) is 0 Å². The fourth-order valence-corrected chi connectivity index (χ4v) is 4.45. The second kappa shape index (κ2) is 7.70. The van der Waals surface area contributed by atoms with Crippen molar-refractivity contribution in [2.24, 2.45) is 0 Å². The molecule has 0 N–H and O–H groups in total. The first kappa shape index (κ1) is 22.1. The number of hydrogen-bond donors (Lipinski definition) is 0. The highest BCUT2D eigenvalue weighted by molar-refractivity contribution is 6.14. The summed E-state index contributed by atoms with van der Waals surface area (Å²) in [6.07, 6.45) is 0. The van der Waals surface area contributed by atoms with Gasteiger partial charge in [-0.05, 0) is 150 Å². The van der Waals surface area contributed by atoms with Crippen molar-refractivity contribution in [2.45, 2.75) is 83.1 Å². The molecule has 0 radical (unpaired) electrons. The molecule has 0 amide bonds. The van der Waals surface area contributed by atoms with Crippen molar-refractivity contribution in [3.63, 3.8) is 0 Å². The molecule has 0 unspecified atom stereocenters. The van der Waals surface area contributed by atoms with Crippen LogP contribution in [-0.4, -0.2) is 5.78 Å². The zero-order valence-electron chi connectivity index (χ0n) is 19.9. The maximum atomic E-state index is 13.6. The molecule has 2 rings (SSSR count). The lowest BCUT2D eigenvalue weighted by Crippen LogP contribution is -2.12. The summed E-state index contributed by atoms with van der Waals surface area (Å²) in [5, 5.41) is 0. The van der Waals surface area contributed by atoms with E-state index in [2.05, 4.69) is 76.2 Å². The van der Waals surface area contributed by atoms with Crippen LogP contribution in [0.3, 0.4) is 0 Å². The molecule has 2 aromatic carbocycles. The molecule has 28 heavy (non-hydrogen) atoms. The molecule has 0 aromatic heterocycles. The fraction of sp³-hybridized carbons (Fsp3) is 0.444. The predicted molar refractivity (Wildman–Crippen MR) is 123 cm³/mol. The van der Waals surface area contributed by atoms with Gasteiger partial charge in [-0.25, -0.2) is 0 Å². The van der Waals surface area contributed by atoms with Crippen molar-refractivity contribution in [3.8, 4) is 0 Å². The van der Waals surface area contributed by atoms with Gasteiger partial charge in [0.15, 0.2) is 5.78 Å². The SMILES string of the molecule is C/C(C(=O)c1c(C)c(C)c(C)c(C)c1C)=C(/C)c1c(C)c(C)c(C)c(C)c1C. The molecule has 0 fully saturated rings. The van der Waals surface area contributed by atoms with Crippen LogP contribution in [0.25, 0.3) is 5.57 Å². The Morgan fingerprint density at radius 3 is 1.00 bits per heavy atom. The van der Waals surface area contributed by atoms with Gasteiger partial charge in [0.1, 0.15) is 0 Å². The lowest BCUT2D eigenvalue weighted by Gasteiger charge is -2.22. The van der Waals surface area contributed by atoms with Crippen LogP contribution in [0.2, 0.25) is 0 Å². The van der Waals surface area contributed by atoms with E-state index in [0.717, 1.165) is 27.8 Å². The van der Waals surface area contributed by atoms with E-state index in [9.17, 15) is 4.79 Å². The van der Waals surface area contributed by atoms with Gasteiger partial charge in [0, 0.05) is 11.1 Å². The minimum atomic E-state index is 0.161. The van der Waals surface area contributed by atoms with Gasteiger partial charge in [0.2, 0.25) is 0 Å². The van der Waals surface area contributed by atoms with Crippen LogP contribution in [0.1, 0.15) is 85.4 Å². The Kier molecular flexibility index (Phi) is 6.09. The molecule has 0 aliphatic rings. The monoisotopic (exact) mass is 376 g/mol. The van der Waals surface area contributed by atoms with E-state index in [1.54, 1.807) is 0 Å². The Labute approximate surface area is 171 Å². The zero-order chi connectivity index (χ0) is 21.7. The van der Waals surface area contributed by atoms with Gasteiger partial charge in [-0.2, -0.15) is 0 Å². The first-order valence-corrected chi connectivity index (χ1v) is 10.2. The van der Waals surface area contributed by atoms with Crippen LogP contribution >= 0.6 is 0 Å². The number of carbonyl (C=O) groups excluding carboxylic acids is 1. The molecule has 0 spiro atoms. The predicted octanol–water partition coefficient (Wildman–Crippen LogP) is 7.45. The maximum Gasteiger partial charge on any atom is 0.189 e. The molecule has 0 heterocycles. The molecule has 0 saturated heterocycles. The number of carbonyl (C=O) groups is 1. The average Bonchev–Trinajstić information content (AvgIpc) is 2.67. The normalized spacial score (nSPS) is 12.3. The summed E-state index contributed by atoms with van der Waals surface area (Å²) in [5.74, 6) is 0.161. The minimum absolute atomic E-state index is 0.161. The molecule has 0 atom stereocenters. The summed E-state index contributed by atoms with van der Waals surface area (Å²) in [5.41, 5.74) is 16.6. The van der Waals surface area contributed by atoms with Crippen molar-refractivity contribution >= 4 is 11.4 Å². The third-order valence-corrected chi connectivity index (χ3v) is 7.51. The van der Waals surface area contributed by atoms with Crippen molar-refractivity contribution < 1.29 is 4.79 Å². The van der Waals surface area contributed by atoms with Crippen molar-refractivity contribution in [1.29, 1.82) is 0 Å². The van der Waals surface area contributed by atoms with Gasteiger partial charge >= 0.3 is 0 Å². The fourth-order valence-electron chi connectivity index (χ4n) is 4.45. The molecule has 0 aliphatic heterocycles. The average molecular weight is 377 g/mol. The van der Waals surface area contributed by atoms with Crippen molar-refractivity contribution in [2.75, 3.05) is 0 Å². The highest BCUT2D eigenvalue weighted by atomic mass is 16.1. The van der Waals surface area contributed by atoms with Gasteiger partial charge < -0.3 is 0 Å². The smallest absolute Gasteiger partial charge is 0.189 e. The van der Waals surface area contributed by atoms with E-state index in [1.165, 1.54) is 50.1 Å². The molecule has 1 nitrogen and oxygen atoms in total. The summed E-state index contributed by atoms with van der Waals surface area (Å²) < 4.78 is 0. The first-order chi connectivity index (χ1) is 12.8. The van der Waals surface area contributed by atoms with Crippen LogP contribution in [0.15, 0.2) is 5.57 Å². The number of allylic oxidation sites excluding steroid dienone is 2. The maximum absolute atomic E-state index is 13.6. The van der Waals surface area contributed by atoms with E-state index in [-0.39, 0.29) is 5.78 Å². The summed E-state index contributed by atoms with van der Waals surface area (Å²) in [7, 11) is 0. The Morgan fingerprint density at radius 1 is 0.429 bits per heavy atom. The summed E-state index contributed by atoms with van der Waals surface area (Å²) in [4.78, 5) is 13.6. The third kappa shape index (κ3) is 3.26. The Bertz CT molecular complexity index is 971. The van der Waals surface area contributed by atoms with E-state index >= 15 is 0 Å². The van der Waals surface area contributed by atoms with Gasteiger partial charge in [-0.15, -0.1) is 0 Å². The molecular formula is C27H36O. The number of ketones is 1. The zero-order valence-corrected chi connectivity index (χ0v) is 19.9. The summed E-state index contributed by atoms with van der Waals surface area (Å²) >= 11 is 0. The molecule has 2 aromatic rings. The molecule has 0 saturated carbocycles. The van der Waals surface area contributed by atoms with Crippen LogP contribution in [0, 0.1) is 69.2 Å². The van der Waals surface area contributed by atoms with Gasteiger partial charge in [0.05, 0.1) is 0 Å². The molecule has 0 aliphatic carbocycles. The van der Waals surface area contributed by atoms with Crippen LogP contribution in [0.4, 0.5) is 0 Å². The second-order valence-corrected chi connectivity index (χ2v) is 8.58. The van der Waals surface area contributed by atoms with Gasteiger partial charge in [-0.3, -0.25) is 4.79 Å². The van der Waals surface area contributed by atoms with Crippen molar-refractivity contribution in [1.82, 2.24) is 0 Å². The van der Waals surface area contributed by atoms with E-state index in [4.69, 9.17) is 0 Å². The molecule has 1 heteroatoms. The molecular weight excluding hydrogens is 340 g/mol. The highest BCUT2D eigenvalue weighted by Gasteiger charge is 2.22. The quantitative estimate of drug-likeness (QED) is 0.401. The largest absolute Gasteiger partial charge is 0.289 e. The molecule has 0 bridgehead atoms. The second-order valence-electron chi connectivity index (χ2n) is 8.58. The topological polar surface area (TPSA) is 17.1 Å². The molecule has 150 valence electrons. The number of rotatable bonds is 3. The number of hydrogen-bond acceptors (Lipinski definition) is 1. The van der Waals surface area contributed by atoms with Crippen LogP contribution < -0.4 is 0 Å². The van der Waals surface area contributed by atoms with E-state index < -0.39 is 0 Å². The van der Waals surface area contributed by atoms with Gasteiger partial charge in [-0.1, -0.05) is 0 Å². The highest BCUT2D eigenvalue weighted by Crippen LogP contribution is 2.34. The number of Topliss-reactive ketones (excluding diaryl/α,β-unsaturated/α-hetero) is 1. The third-order valence-electron chi connectivity index (χ3n) is 7.51. The first-order valence-electron chi connectivity index (χ1n) is 10.2. The van der Waals surface area contributed by atoms with E-state index in [1.807, 2.05) is 6.92 Å².